The lowest BCUT2D eigenvalue weighted by Crippen LogP contribution is -2.17. The zero-order valence-corrected chi connectivity index (χ0v) is 8.39. The van der Waals surface area contributed by atoms with Gasteiger partial charge in [0.2, 0.25) is 0 Å². The molecule has 5 heteroatoms. The van der Waals surface area contributed by atoms with Crippen molar-refractivity contribution in [3.05, 3.63) is 11.9 Å². The largest absolute Gasteiger partial charge is 0.390 e. The molecule has 3 atom stereocenters. The number of aliphatic hydroxyl groups is 1. The van der Waals surface area contributed by atoms with E-state index in [1.165, 1.54) is 11.9 Å². The van der Waals surface area contributed by atoms with E-state index in [0.717, 1.165) is 0 Å². The fourth-order valence-electron chi connectivity index (χ4n) is 1.28. The SMILES string of the molecule is C=P(O)(O)/C=C/[C@H]1O[C@@H](C)C[C@H]1O. The third-order valence-corrected chi connectivity index (χ3v) is 2.51. The normalized spacial score (nSPS) is 35.8. The van der Waals surface area contributed by atoms with Crippen LogP contribution in [-0.2, 0) is 4.74 Å². The Morgan fingerprint density at radius 1 is 1.54 bits per heavy atom. The van der Waals surface area contributed by atoms with E-state index in [1.54, 1.807) is 0 Å². The number of hydrogen-bond donors (Lipinski definition) is 3. The van der Waals surface area contributed by atoms with Gasteiger partial charge in [0.1, 0.15) is 13.4 Å². The molecule has 1 aliphatic rings. The van der Waals surface area contributed by atoms with E-state index in [2.05, 4.69) is 6.30 Å². The summed E-state index contributed by atoms with van der Waals surface area (Å²) in [4.78, 5) is 17.9. The van der Waals surface area contributed by atoms with Gasteiger partial charge in [-0.25, -0.2) is 0 Å². The smallest absolute Gasteiger partial charge is 0.134 e. The number of aliphatic hydroxyl groups excluding tert-OH is 1. The Hall–Kier alpha value is -0.120. The molecule has 0 aromatic heterocycles. The van der Waals surface area contributed by atoms with E-state index in [1.807, 2.05) is 6.92 Å². The van der Waals surface area contributed by atoms with Crippen LogP contribution >= 0.6 is 7.34 Å². The van der Waals surface area contributed by atoms with Gasteiger partial charge in [-0.05, 0) is 25.1 Å². The molecule has 0 aromatic carbocycles. The van der Waals surface area contributed by atoms with Gasteiger partial charge in [0.05, 0.1) is 12.2 Å². The van der Waals surface area contributed by atoms with Crippen molar-refractivity contribution in [3.63, 3.8) is 0 Å². The second-order valence-electron chi connectivity index (χ2n) is 3.34. The maximum absolute atomic E-state index is 9.41. The summed E-state index contributed by atoms with van der Waals surface area (Å²) in [6.07, 6.45) is 4.24. The highest BCUT2D eigenvalue weighted by molar-refractivity contribution is 7.65. The lowest BCUT2D eigenvalue weighted by molar-refractivity contribution is 0.0469. The van der Waals surface area contributed by atoms with Gasteiger partial charge in [-0.2, -0.15) is 0 Å². The van der Waals surface area contributed by atoms with Crippen LogP contribution in [0.2, 0.25) is 0 Å². The van der Waals surface area contributed by atoms with Crippen molar-refractivity contribution in [1.82, 2.24) is 0 Å². The summed E-state index contributed by atoms with van der Waals surface area (Å²) in [6, 6.07) is 0. The molecule has 1 fully saturated rings. The Labute approximate surface area is 77.6 Å². The molecule has 3 N–H and O–H groups in total. The lowest BCUT2D eigenvalue weighted by atomic mass is 10.1. The first-order valence-corrected chi connectivity index (χ1v) is 6.05. The van der Waals surface area contributed by atoms with Crippen LogP contribution in [-0.4, -0.2) is 39.5 Å². The number of hydrogen-bond acceptors (Lipinski definition) is 4. The fraction of sp³-hybridized carbons (Fsp3) is 0.625. The maximum Gasteiger partial charge on any atom is 0.134 e. The predicted octanol–water partition coefficient (Wildman–Crippen LogP) is 0.303. The van der Waals surface area contributed by atoms with E-state index in [0.29, 0.717) is 6.42 Å². The van der Waals surface area contributed by atoms with Crippen LogP contribution < -0.4 is 0 Å². The minimum Gasteiger partial charge on any atom is -0.390 e. The monoisotopic (exact) mass is 206 g/mol. The topological polar surface area (TPSA) is 69.9 Å². The molecule has 1 saturated heterocycles. The van der Waals surface area contributed by atoms with Crippen molar-refractivity contribution in [2.45, 2.75) is 31.7 Å². The molecule has 1 aliphatic heterocycles. The molecular weight excluding hydrogens is 191 g/mol. The van der Waals surface area contributed by atoms with Crippen LogP contribution in [0.1, 0.15) is 13.3 Å². The van der Waals surface area contributed by atoms with Crippen molar-refractivity contribution >= 4 is 13.6 Å². The second-order valence-corrected chi connectivity index (χ2v) is 5.21. The van der Waals surface area contributed by atoms with E-state index in [4.69, 9.17) is 14.5 Å². The lowest BCUT2D eigenvalue weighted by Gasteiger charge is -2.10. The minimum absolute atomic E-state index is 0.0135. The molecule has 0 aromatic rings. The average molecular weight is 206 g/mol. The van der Waals surface area contributed by atoms with Crippen LogP contribution in [0.15, 0.2) is 11.9 Å². The van der Waals surface area contributed by atoms with Crippen LogP contribution in [0.4, 0.5) is 0 Å². The summed E-state index contributed by atoms with van der Waals surface area (Å²) in [7, 11) is -3.14. The molecule has 0 radical (unpaired) electrons. The third kappa shape index (κ3) is 3.63. The van der Waals surface area contributed by atoms with Crippen LogP contribution in [0.25, 0.3) is 0 Å². The minimum atomic E-state index is -3.14. The fourth-order valence-corrected chi connectivity index (χ4v) is 1.73. The molecule has 1 rings (SSSR count). The summed E-state index contributed by atoms with van der Waals surface area (Å²) in [5.41, 5.74) is 0. The molecule has 0 unspecified atom stereocenters. The first-order chi connectivity index (χ1) is 5.88. The summed E-state index contributed by atoms with van der Waals surface area (Å²) < 4.78 is 5.30. The summed E-state index contributed by atoms with van der Waals surface area (Å²) in [5.74, 6) is 1.21. The molecule has 1 heterocycles. The van der Waals surface area contributed by atoms with Gasteiger partial charge in [-0.3, -0.25) is 0 Å². The highest BCUT2D eigenvalue weighted by Gasteiger charge is 2.29. The van der Waals surface area contributed by atoms with E-state index in [-0.39, 0.29) is 6.10 Å². The van der Waals surface area contributed by atoms with Gasteiger partial charge in [0.15, 0.2) is 0 Å². The second kappa shape index (κ2) is 3.95. The quantitative estimate of drug-likeness (QED) is 0.568. The first kappa shape index (κ1) is 11.0. The Morgan fingerprint density at radius 2 is 2.15 bits per heavy atom. The van der Waals surface area contributed by atoms with Gasteiger partial charge in [0, 0.05) is 6.42 Å². The maximum atomic E-state index is 9.41. The van der Waals surface area contributed by atoms with E-state index >= 15 is 0 Å². The molecule has 0 saturated carbocycles. The van der Waals surface area contributed by atoms with Crippen molar-refractivity contribution in [1.29, 1.82) is 0 Å². The van der Waals surface area contributed by atoms with Crippen molar-refractivity contribution in [3.8, 4) is 0 Å². The Morgan fingerprint density at radius 3 is 2.54 bits per heavy atom. The van der Waals surface area contributed by atoms with Gasteiger partial charge in [0.25, 0.3) is 0 Å². The number of rotatable bonds is 2. The average Bonchev–Trinajstić information content (AvgIpc) is 2.24. The predicted molar refractivity (Wildman–Crippen MR) is 52.6 cm³/mol. The zero-order valence-electron chi connectivity index (χ0n) is 7.50. The Balaban J connectivity index is 2.55. The van der Waals surface area contributed by atoms with Crippen molar-refractivity contribution in [2.24, 2.45) is 0 Å². The van der Waals surface area contributed by atoms with Crippen LogP contribution in [0, 0.1) is 0 Å². The Kier molecular flexibility index (Phi) is 3.33. The highest BCUT2D eigenvalue weighted by Crippen LogP contribution is 2.36. The molecule has 0 amide bonds. The molecule has 13 heavy (non-hydrogen) atoms. The van der Waals surface area contributed by atoms with Crippen molar-refractivity contribution < 1.29 is 19.6 Å². The molecule has 76 valence electrons. The third-order valence-electron chi connectivity index (χ3n) is 1.86. The summed E-state index contributed by atoms with van der Waals surface area (Å²) >= 11 is 0. The Bertz CT molecular complexity index is 245. The highest BCUT2D eigenvalue weighted by atomic mass is 31.2. The first-order valence-electron chi connectivity index (χ1n) is 4.10. The van der Waals surface area contributed by atoms with Crippen molar-refractivity contribution in [2.75, 3.05) is 0 Å². The van der Waals surface area contributed by atoms with E-state index < -0.39 is 19.5 Å². The molecule has 4 nitrogen and oxygen atoms in total. The molecular formula is C8H15O4P. The summed E-state index contributed by atoms with van der Waals surface area (Å²) in [5, 5.41) is 9.41. The summed E-state index contributed by atoms with van der Waals surface area (Å²) in [6.45, 7) is 1.86. The van der Waals surface area contributed by atoms with Crippen LogP contribution in [0.5, 0.6) is 0 Å². The number of ether oxygens (including phenoxy) is 1. The molecule has 0 spiro atoms. The van der Waals surface area contributed by atoms with Gasteiger partial charge in [-0.1, -0.05) is 0 Å². The zero-order chi connectivity index (χ0) is 10.1. The van der Waals surface area contributed by atoms with Gasteiger partial charge < -0.3 is 19.6 Å². The van der Waals surface area contributed by atoms with Gasteiger partial charge in [-0.15, -0.1) is 0 Å². The molecule has 0 bridgehead atoms. The standard InChI is InChI=1S/C8H15O4P/c1-6-5-7(9)8(12-6)3-4-13(2,10)11/h3-4,6-11H,2,5H2,1H3/b4-3+/t6-,7+,8+/m0/s1. The molecule has 0 aliphatic carbocycles. The van der Waals surface area contributed by atoms with E-state index in [9.17, 15) is 5.11 Å². The van der Waals surface area contributed by atoms with Gasteiger partial charge >= 0.3 is 0 Å². The van der Waals surface area contributed by atoms with Crippen LogP contribution in [0.3, 0.4) is 0 Å².